The molecule has 3 N–H and O–H groups in total. The molecule has 0 bridgehead atoms. The van der Waals surface area contributed by atoms with Crippen LogP contribution in [-0.4, -0.2) is 29.9 Å². The van der Waals surface area contributed by atoms with Crippen molar-refractivity contribution >= 4 is 40.4 Å². The van der Waals surface area contributed by atoms with Gasteiger partial charge in [-0.3, -0.25) is 14.4 Å². The van der Waals surface area contributed by atoms with Gasteiger partial charge in [-0.25, -0.2) is 0 Å². The maximum Gasteiger partial charge on any atom is 0.265 e. The van der Waals surface area contributed by atoms with Crippen LogP contribution in [0.3, 0.4) is 0 Å². The molecule has 0 fully saturated rings. The van der Waals surface area contributed by atoms with Gasteiger partial charge in [-0.15, -0.1) is 11.3 Å². The van der Waals surface area contributed by atoms with Crippen molar-refractivity contribution in [3.8, 4) is 5.75 Å². The predicted molar refractivity (Wildman–Crippen MR) is 104 cm³/mol. The average molecular weight is 387 g/mol. The molecule has 27 heavy (non-hydrogen) atoms. The molecule has 1 aliphatic heterocycles. The average Bonchev–Trinajstić information content (AvgIpc) is 3.15. The number of ether oxygens (including phenoxy) is 1. The van der Waals surface area contributed by atoms with E-state index in [1.807, 2.05) is 19.2 Å². The van der Waals surface area contributed by atoms with Crippen LogP contribution >= 0.6 is 11.3 Å². The van der Waals surface area contributed by atoms with Gasteiger partial charge in [-0.2, -0.15) is 0 Å². The smallest absolute Gasteiger partial charge is 0.265 e. The Balaban J connectivity index is 1.71. The summed E-state index contributed by atoms with van der Waals surface area (Å²) in [4.78, 5) is 37.3. The van der Waals surface area contributed by atoms with E-state index in [-0.39, 0.29) is 23.6 Å². The van der Waals surface area contributed by atoms with Crippen molar-refractivity contribution in [3.63, 3.8) is 0 Å². The number of benzene rings is 1. The highest BCUT2D eigenvalue weighted by Gasteiger charge is 2.27. The van der Waals surface area contributed by atoms with Gasteiger partial charge in [0.05, 0.1) is 10.6 Å². The maximum atomic E-state index is 12.7. The molecule has 0 radical (unpaired) electrons. The number of nitrogens with one attached hydrogen (secondary N) is 3. The van der Waals surface area contributed by atoms with Gasteiger partial charge < -0.3 is 20.7 Å². The molecule has 1 aliphatic rings. The monoisotopic (exact) mass is 387 g/mol. The molecule has 3 rings (SSSR count). The van der Waals surface area contributed by atoms with E-state index in [0.29, 0.717) is 22.0 Å². The second-order valence-corrected chi connectivity index (χ2v) is 7.57. The summed E-state index contributed by atoms with van der Waals surface area (Å²) in [6, 6.07) is 7.82. The van der Waals surface area contributed by atoms with Gasteiger partial charge in [0.2, 0.25) is 5.91 Å². The van der Waals surface area contributed by atoms with Crippen LogP contribution < -0.4 is 20.7 Å². The van der Waals surface area contributed by atoms with E-state index in [1.165, 1.54) is 11.3 Å². The lowest BCUT2D eigenvalue weighted by atomic mass is 10.0. The number of thiophene rings is 1. The zero-order valence-corrected chi connectivity index (χ0v) is 16.1. The topological polar surface area (TPSA) is 96.5 Å². The fourth-order valence-electron chi connectivity index (χ4n) is 2.66. The summed E-state index contributed by atoms with van der Waals surface area (Å²) in [7, 11) is 0. The first-order chi connectivity index (χ1) is 12.8. The largest absolute Gasteiger partial charge is 0.479 e. The molecule has 8 heteroatoms. The molecule has 7 nitrogen and oxygen atoms in total. The van der Waals surface area contributed by atoms with Crippen LogP contribution in [0.4, 0.5) is 11.4 Å². The number of hydrogen-bond donors (Lipinski definition) is 3. The molecule has 0 aliphatic carbocycles. The quantitative estimate of drug-likeness (QED) is 0.735. The summed E-state index contributed by atoms with van der Waals surface area (Å²) in [6.07, 6.45) is -0.560. The van der Waals surface area contributed by atoms with Gasteiger partial charge in [0.1, 0.15) is 11.8 Å². The van der Waals surface area contributed by atoms with Crippen molar-refractivity contribution in [2.75, 3.05) is 10.6 Å². The van der Waals surface area contributed by atoms with Crippen LogP contribution in [0.1, 0.15) is 30.4 Å². The minimum absolute atomic E-state index is 0.101. The normalized spacial score (nSPS) is 16.7. The lowest BCUT2D eigenvalue weighted by Gasteiger charge is -2.24. The Labute approximate surface area is 161 Å². The fraction of sp³-hybridized carbons (Fsp3) is 0.316. The highest BCUT2D eigenvalue weighted by Crippen LogP contribution is 2.32. The van der Waals surface area contributed by atoms with Crippen molar-refractivity contribution in [1.29, 1.82) is 0 Å². The molecule has 1 aromatic carbocycles. The highest BCUT2D eigenvalue weighted by atomic mass is 32.1. The molecule has 3 amide bonds. The van der Waals surface area contributed by atoms with E-state index in [9.17, 15) is 14.4 Å². The lowest BCUT2D eigenvalue weighted by Crippen LogP contribution is -2.47. The number of hydrogen-bond acceptors (Lipinski definition) is 5. The predicted octanol–water partition coefficient (Wildman–Crippen LogP) is 2.86. The van der Waals surface area contributed by atoms with Gasteiger partial charge >= 0.3 is 0 Å². The summed E-state index contributed by atoms with van der Waals surface area (Å²) in [5, 5.41) is 10.1. The molecule has 2 heterocycles. The summed E-state index contributed by atoms with van der Waals surface area (Å²) in [5.41, 5.74) is 1.01. The van der Waals surface area contributed by atoms with Crippen LogP contribution in [-0.2, 0) is 9.59 Å². The summed E-state index contributed by atoms with van der Waals surface area (Å²) in [6.45, 7) is 5.39. The maximum absolute atomic E-state index is 12.7. The van der Waals surface area contributed by atoms with Crippen molar-refractivity contribution in [1.82, 2.24) is 5.32 Å². The molecule has 2 aromatic rings. The Hall–Kier alpha value is -2.87. The Morgan fingerprint density at radius 1 is 1.26 bits per heavy atom. The Bertz CT molecular complexity index is 864. The van der Waals surface area contributed by atoms with E-state index in [1.54, 1.807) is 37.3 Å². The van der Waals surface area contributed by atoms with Crippen molar-refractivity contribution in [3.05, 3.63) is 40.6 Å². The second kappa shape index (κ2) is 7.79. The molecule has 0 unspecified atom stereocenters. The van der Waals surface area contributed by atoms with E-state index >= 15 is 0 Å². The van der Waals surface area contributed by atoms with E-state index in [0.717, 1.165) is 0 Å². The van der Waals surface area contributed by atoms with Gasteiger partial charge in [-0.05, 0) is 42.5 Å². The zero-order chi connectivity index (χ0) is 19.6. The lowest BCUT2D eigenvalue weighted by molar-refractivity contribution is -0.122. The molecular formula is C19H21N3O4S. The van der Waals surface area contributed by atoms with Crippen molar-refractivity contribution in [2.24, 2.45) is 5.92 Å². The third-order valence-corrected chi connectivity index (χ3v) is 5.03. The van der Waals surface area contributed by atoms with Crippen LogP contribution in [0.25, 0.3) is 0 Å². The summed E-state index contributed by atoms with van der Waals surface area (Å²) in [5.74, 6) is -0.401. The number of carbonyl (C=O) groups excluding carboxylic acids is 3. The number of amides is 3. The molecule has 0 spiro atoms. The molecule has 142 valence electrons. The number of fused-ring (bicyclic) bond motifs is 1. The van der Waals surface area contributed by atoms with Gasteiger partial charge in [0.15, 0.2) is 6.10 Å². The van der Waals surface area contributed by atoms with Crippen molar-refractivity contribution < 1.29 is 19.1 Å². The first kappa shape index (κ1) is 18.9. The third-order valence-electron chi connectivity index (χ3n) is 4.16. The Morgan fingerprint density at radius 3 is 2.70 bits per heavy atom. The SMILES string of the molecule is CC(C)[C@@H](NC(=O)c1cccs1)C(=O)Nc1ccc2c(c1)NC(=O)[C@@H](C)O2. The van der Waals surface area contributed by atoms with Crippen LogP contribution in [0, 0.1) is 5.92 Å². The van der Waals surface area contributed by atoms with E-state index < -0.39 is 12.1 Å². The number of carbonyl (C=O) groups is 3. The van der Waals surface area contributed by atoms with Gasteiger partial charge in [0, 0.05) is 5.69 Å². The Kier molecular flexibility index (Phi) is 5.46. The molecule has 0 saturated carbocycles. The first-order valence-electron chi connectivity index (χ1n) is 8.62. The van der Waals surface area contributed by atoms with Crippen LogP contribution in [0.2, 0.25) is 0 Å². The second-order valence-electron chi connectivity index (χ2n) is 6.62. The van der Waals surface area contributed by atoms with Crippen LogP contribution in [0.15, 0.2) is 35.7 Å². The van der Waals surface area contributed by atoms with Crippen molar-refractivity contribution in [2.45, 2.75) is 32.9 Å². The van der Waals surface area contributed by atoms with Gasteiger partial charge in [-0.1, -0.05) is 19.9 Å². The summed E-state index contributed by atoms with van der Waals surface area (Å²) >= 11 is 1.32. The molecule has 1 aromatic heterocycles. The zero-order valence-electron chi connectivity index (χ0n) is 15.2. The van der Waals surface area contributed by atoms with E-state index in [4.69, 9.17) is 4.74 Å². The molecule has 2 atom stereocenters. The minimum atomic E-state index is -0.693. The number of anilines is 2. The highest BCUT2D eigenvalue weighted by molar-refractivity contribution is 7.12. The number of rotatable bonds is 5. The van der Waals surface area contributed by atoms with Gasteiger partial charge in [0.25, 0.3) is 11.8 Å². The standard InChI is InChI=1S/C19H21N3O4S/c1-10(2)16(22-18(24)15-5-4-8-27-15)19(25)20-12-6-7-14-13(9-12)21-17(23)11(3)26-14/h4-11,16H,1-3H3,(H,20,25)(H,21,23)(H,22,24)/t11-,16-/m1/s1. The Morgan fingerprint density at radius 2 is 2.04 bits per heavy atom. The van der Waals surface area contributed by atoms with E-state index in [2.05, 4.69) is 16.0 Å². The first-order valence-corrected chi connectivity index (χ1v) is 9.50. The molecular weight excluding hydrogens is 366 g/mol. The summed E-state index contributed by atoms with van der Waals surface area (Å²) < 4.78 is 5.50. The van der Waals surface area contributed by atoms with Crippen LogP contribution in [0.5, 0.6) is 5.75 Å². The third kappa shape index (κ3) is 4.28. The minimum Gasteiger partial charge on any atom is -0.479 e. The molecule has 0 saturated heterocycles. The fourth-order valence-corrected chi connectivity index (χ4v) is 3.29.